The van der Waals surface area contributed by atoms with E-state index in [-0.39, 0.29) is 48.6 Å². The molecule has 1 heterocycles. The van der Waals surface area contributed by atoms with Gasteiger partial charge in [0, 0.05) is 37.0 Å². The van der Waals surface area contributed by atoms with E-state index in [1.165, 1.54) is 6.92 Å². The summed E-state index contributed by atoms with van der Waals surface area (Å²) < 4.78 is 0. The number of halogens is 2. The minimum absolute atomic E-state index is 0. The molecular weight excluding hydrogens is 397 g/mol. The predicted molar refractivity (Wildman–Crippen MR) is 114 cm³/mol. The molecule has 3 atom stereocenters. The SMILES string of the molecule is CC(=O)NC(CC(=O)N1C[C@@H](N)[C@H](c2ccccc2)C1)c1ccc(Cl)cc1.Cl. The Hall–Kier alpha value is -2.08. The van der Waals surface area contributed by atoms with Gasteiger partial charge in [-0.05, 0) is 23.3 Å². The average Bonchev–Trinajstić information content (AvgIpc) is 3.04. The van der Waals surface area contributed by atoms with Crippen LogP contribution in [0.1, 0.15) is 36.4 Å². The van der Waals surface area contributed by atoms with E-state index >= 15 is 0 Å². The third-order valence-electron chi connectivity index (χ3n) is 4.97. The maximum atomic E-state index is 12.9. The second-order valence-electron chi connectivity index (χ2n) is 6.99. The maximum absolute atomic E-state index is 12.9. The zero-order valence-corrected chi connectivity index (χ0v) is 17.2. The molecule has 0 aromatic heterocycles. The van der Waals surface area contributed by atoms with Gasteiger partial charge in [-0.2, -0.15) is 0 Å². The quantitative estimate of drug-likeness (QED) is 0.777. The molecule has 1 aliphatic heterocycles. The minimum atomic E-state index is -0.390. The number of nitrogens with one attached hydrogen (secondary N) is 1. The van der Waals surface area contributed by atoms with Crippen LogP contribution in [0.3, 0.4) is 0 Å². The molecule has 1 aliphatic rings. The van der Waals surface area contributed by atoms with Crippen LogP contribution in [-0.2, 0) is 9.59 Å². The van der Waals surface area contributed by atoms with Crippen molar-refractivity contribution < 1.29 is 9.59 Å². The lowest BCUT2D eigenvalue weighted by molar-refractivity contribution is -0.131. The van der Waals surface area contributed by atoms with Gasteiger partial charge in [-0.25, -0.2) is 0 Å². The molecule has 2 aromatic rings. The fraction of sp³-hybridized carbons (Fsp3) is 0.333. The van der Waals surface area contributed by atoms with E-state index in [2.05, 4.69) is 5.32 Å². The number of nitrogens with two attached hydrogens (primary N) is 1. The predicted octanol–water partition coefficient (Wildman–Crippen LogP) is 3.28. The van der Waals surface area contributed by atoms with Crippen LogP contribution < -0.4 is 11.1 Å². The molecule has 3 N–H and O–H groups in total. The summed E-state index contributed by atoms with van der Waals surface area (Å²) in [5.41, 5.74) is 8.30. The molecule has 2 amide bonds. The molecule has 0 spiro atoms. The van der Waals surface area contributed by atoms with E-state index in [1.54, 1.807) is 17.0 Å². The molecule has 0 radical (unpaired) electrons. The molecular formula is C21H25Cl2N3O2. The second-order valence-corrected chi connectivity index (χ2v) is 7.42. The Bertz CT molecular complexity index is 799. The minimum Gasteiger partial charge on any atom is -0.349 e. The van der Waals surface area contributed by atoms with Crippen molar-refractivity contribution in [2.24, 2.45) is 5.73 Å². The van der Waals surface area contributed by atoms with Crippen LogP contribution in [0, 0.1) is 0 Å². The van der Waals surface area contributed by atoms with E-state index in [4.69, 9.17) is 17.3 Å². The summed E-state index contributed by atoms with van der Waals surface area (Å²) in [5, 5.41) is 3.48. The summed E-state index contributed by atoms with van der Waals surface area (Å²) in [6.07, 6.45) is 0.190. The van der Waals surface area contributed by atoms with Gasteiger partial charge < -0.3 is 16.0 Å². The Balaban J connectivity index is 0.00000280. The molecule has 7 heteroatoms. The molecule has 2 aromatic carbocycles. The Labute approximate surface area is 176 Å². The van der Waals surface area contributed by atoms with Crippen molar-refractivity contribution in [1.82, 2.24) is 10.2 Å². The van der Waals surface area contributed by atoms with Crippen LogP contribution >= 0.6 is 24.0 Å². The number of carbonyl (C=O) groups is 2. The van der Waals surface area contributed by atoms with E-state index in [9.17, 15) is 9.59 Å². The first kappa shape index (κ1) is 22.2. The number of amides is 2. The first-order valence-corrected chi connectivity index (χ1v) is 9.42. The topological polar surface area (TPSA) is 75.4 Å². The number of rotatable bonds is 5. The van der Waals surface area contributed by atoms with Gasteiger partial charge in [-0.3, -0.25) is 9.59 Å². The van der Waals surface area contributed by atoms with Crippen LogP contribution in [0.25, 0.3) is 0 Å². The summed E-state index contributed by atoms with van der Waals surface area (Å²) >= 11 is 5.95. The van der Waals surface area contributed by atoms with Crippen LogP contribution in [0.2, 0.25) is 5.02 Å². The monoisotopic (exact) mass is 421 g/mol. The van der Waals surface area contributed by atoms with Gasteiger partial charge in [-0.15, -0.1) is 12.4 Å². The summed E-state index contributed by atoms with van der Waals surface area (Å²) in [4.78, 5) is 26.3. The van der Waals surface area contributed by atoms with E-state index < -0.39 is 0 Å². The van der Waals surface area contributed by atoms with Crippen molar-refractivity contribution in [3.8, 4) is 0 Å². The molecule has 0 saturated carbocycles. The smallest absolute Gasteiger partial charge is 0.225 e. The number of nitrogens with zero attached hydrogens (tertiary/aromatic N) is 1. The van der Waals surface area contributed by atoms with Crippen LogP contribution in [0.4, 0.5) is 0 Å². The van der Waals surface area contributed by atoms with Crippen LogP contribution in [0.5, 0.6) is 0 Å². The van der Waals surface area contributed by atoms with Gasteiger partial charge in [0.05, 0.1) is 12.5 Å². The maximum Gasteiger partial charge on any atom is 0.225 e. The van der Waals surface area contributed by atoms with E-state index in [1.807, 2.05) is 42.5 Å². The summed E-state index contributed by atoms with van der Waals surface area (Å²) in [7, 11) is 0. The van der Waals surface area contributed by atoms with Crippen molar-refractivity contribution in [3.63, 3.8) is 0 Å². The third-order valence-corrected chi connectivity index (χ3v) is 5.23. The number of carbonyl (C=O) groups excluding carboxylic acids is 2. The lowest BCUT2D eigenvalue weighted by atomic mass is 9.95. The normalized spacial score (nSPS) is 19.6. The number of benzene rings is 2. The highest BCUT2D eigenvalue weighted by molar-refractivity contribution is 6.30. The summed E-state index contributed by atoms with van der Waals surface area (Å²) in [6, 6.07) is 16.7. The number of hydrogen-bond acceptors (Lipinski definition) is 3. The van der Waals surface area contributed by atoms with Gasteiger partial charge in [0.2, 0.25) is 11.8 Å². The summed E-state index contributed by atoms with van der Waals surface area (Å²) in [6.45, 7) is 2.56. The Morgan fingerprint density at radius 3 is 2.39 bits per heavy atom. The highest BCUT2D eigenvalue weighted by atomic mass is 35.5. The van der Waals surface area contributed by atoms with Crippen molar-refractivity contribution in [2.75, 3.05) is 13.1 Å². The fourth-order valence-electron chi connectivity index (χ4n) is 3.58. The molecule has 0 bridgehead atoms. The van der Waals surface area contributed by atoms with Crippen molar-refractivity contribution in [3.05, 3.63) is 70.7 Å². The third kappa shape index (κ3) is 5.47. The average molecular weight is 422 g/mol. The Kier molecular flexibility index (Phi) is 7.87. The highest BCUT2D eigenvalue weighted by Crippen LogP contribution is 2.28. The van der Waals surface area contributed by atoms with Crippen molar-refractivity contribution >= 4 is 35.8 Å². The standard InChI is InChI=1S/C21H24ClN3O2.ClH/c1-14(26)24-20(16-7-9-17(22)10-8-16)11-21(27)25-12-18(19(23)13-25)15-5-3-2-4-6-15;/h2-10,18-20H,11-13,23H2,1H3,(H,24,26);1H/t18-,19+,20?;/m0./s1. The van der Waals surface area contributed by atoms with Gasteiger partial charge in [-0.1, -0.05) is 54.1 Å². The van der Waals surface area contributed by atoms with Crippen molar-refractivity contribution in [2.45, 2.75) is 31.3 Å². The molecule has 1 saturated heterocycles. The largest absolute Gasteiger partial charge is 0.349 e. The highest BCUT2D eigenvalue weighted by Gasteiger charge is 2.34. The molecule has 150 valence electrons. The van der Waals surface area contributed by atoms with Gasteiger partial charge >= 0.3 is 0 Å². The lowest BCUT2D eigenvalue weighted by Crippen LogP contribution is -2.36. The molecule has 1 fully saturated rings. The Morgan fingerprint density at radius 2 is 1.79 bits per heavy atom. The summed E-state index contributed by atoms with van der Waals surface area (Å²) in [5.74, 6) is -0.0643. The number of likely N-dealkylation sites (tertiary alicyclic amines) is 1. The number of hydrogen-bond donors (Lipinski definition) is 2. The van der Waals surface area contributed by atoms with Crippen molar-refractivity contribution in [1.29, 1.82) is 0 Å². The lowest BCUT2D eigenvalue weighted by Gasteiger charge is -2.22. The molecule has 5 nitrogen and oxygen atoms in total. The second kappa shape index (κ2) is 9.92. The van der Waals surface area contributed by atoms with E-state index in [0.29, 0.717) is 18.1 Å². The van der Waals surface area contributed by atoms with E-state index in [0.717, 1.165) is 11.1 Å². The molecule has 28 heavy (non-hydrogen) atoms. The first-order chi connectivity index (χ1) is 12.9. The molecule has 0 aliphatic carbocycles. The molecule has 3 rings (SSSR count). The zero-order chi connectivity index (χ0) is 19.4. The van der Waals surface area contributed by atoms with Gasteiger partial charge in [0.1, 0.15) is 0 Å². The van der Waals surface area contributed by atoms with Crippen LogP contribution in [0.15, 0.2) is 54.6 Å². The van der Waals surface area contributed by atoms with Gasteiger partial charge in [0.25, 0.3) is 0 Å². The zero-order valence-electron chi connectivity index (χ0n) is 15.7. The Morgan fingerprint density at radius 1 is 1.14 bits per heavy atom. The molecule has 1 unspecified atom stereocenters. The fourth-order valence-corrected chi connectivity index (χ4v) is 3.71. The van der Waals surface area contributed by atoms with Gasteiger partial charge in [0.15, 0.2) is 0 Å². The first-order valence-electron chi connectivity index (χ1n) is 9.05. The van der Waals surface area contributed by atoms with Crippen LogP contribution in [-0.4, -0.2) is 35.8 Å².